The summed E-state index contributed by atoms with van der Waals surface area (Å²) in [6.45, 7) is 8.02. The maximum Gasteiger partial charge on any atom is 0.0827 e. The SMILES string of the molecule is Cc1cc(Cl)c(C(O)C(C)C)cc1C. The second kappa shape index (κ2) is 4.33. The molecule has 0 aliphatic heterocycles. The number of aliphatic hydroxyl groups excluding tert-OH is 1. The average molecular weight is 213 g/mol. The third kappa shape index (κ3) is 2.28. The minimum absolute atomic E-state index is 0.189. The molecule has 0 aliphatic rings. The Morgan fingerprint density at radius 2 is 1.64 bits per heavy atom. The van der Waals surface area contributed by atoms with Gasteiger partial charge in [-0.1, -0.05) is 31.5 Å². The predicted octanol–water partition coefficient (Wildman–Crippen LogP) is 3.65. The first-order valence-electron chi connectivity index (χ1n) is 4.88. The molecule has 1 N–H and O–H groups in total. The second-order valence-corrected chi connectivity index (χ2v) is 4.55. The van der Waals surface area contributed by atoms with Gasteiger partial charge in [-0.15, -0.1) is 0 Å². The van der Waals surface area contributed by atoms with Crippen molar-refractivity contribution in [2.75, 3.05) is 0 Å². The van der Waals surface area contributed by atoms with Crippen molar-refractivity contribution in [2.45, 2.75) is 33.8 Å². The molecular weight excluding hydrogens is 196 g/mol. The molecule has 1 unspecified atom stereocenters. The van der Waals surface area contributed by atoms with Crippen LogP contribution < -0.4 is 0 Å². The zero-order chi connectivity index (χ0) is 10.9. The van der Waals surface area contributed by atoms with E-state index in [0.717, 1.165) is 11.1 Å². The molecule has 0 radical (unpaired) electrons. The van der Waals surface area contributed by atoms with Crippen molar-refractivity contribution in [3.05, 3.63) is 33.8 Å². The molecule has 2 heteroatoms. The fourth-order valence-corrected chi connectivity index (χ4v) is 1.72. The maximum absolute atomic E-state index is 9.91. The zero-order valence-electron chi connectivity index (χ0n) is 9.13. The first-order valence-corrected chi connectivity index (χ1v) is 5.26. The van der Waals surface area contributed by atoms with Crippen molar-refractivity contribution in [2.24, 2.45) is 5.92 Å². The Morgan fingerprint density at radius 3 is 2.14 bits per heavy atom. The molecule has 1 atom stereocenters. The topological polar surface area (TPSA) is 20.2 Å². The van der Waals surface area contributed by atoms with Gasteiger partial charge < -0.3 is 5.11 Å². The molecule has 1 aromatic rings. The molecule has 14 heavy (non-hydrogen) atoms. The Hall–Kier alpha value is -0.530. The Bertz CT molecular complexity index is 331. The molecule has 0 fully saturated rings. The largest absolute Gasteiger partial charge is 0.388 e. The molecule has 1 nitrogen and oxygen atoms in total. The van der Waals surface area contributed by atoms with Crippen molar-refractivity contribution in [3.8, 4) is 0 Å². The van der Waals surface area contributed by atoms with Gasteiger partial charge in [0.1, 0.15) is 0 Å². The van der Waals surface area contributed by atoms with Gasteiger partial charge in [0.25, 0.3) is 0 Å². The number of rotatable bonds is 2. The lowest BCUT2D eigenvalue weighted by Crippen LogP contribution is -2.06. The fraction of sp³-hybridized carbons (Fsp3) is 0.500. The third-order valence-electron chi connectivity index (χ3n) is 2.56. The Kier molecular flexibility index (Phi) is 3.57. The molecule has 0 saturated heterocycles. The van der Waals surface area contributed by atoms with Gasteiger partial charge in [0.15, 0.2) is 0 Å². The molecule has 0 aromatic heterocycles. The summed E-state index contributed by atoms with van der Waals surface area (Å²) >= 11 is 6.08. The lowest BCUT2D eigenvalue weighted by molar-refractivity contribution is 0.127. The van der Waals surface area contributed by atoms with E-state index in [1.54, 1.807) is 0 Å². The van der Waals surface area contributed by atoms with Crippen LogP contribution in [-0.4, -0.2) is 5.11 Å². The van der Waals surface area contributed by atoms with Gasteiger partial charge in [0.05, 0.1) is 6.10 Å². The van der Waals surface area contributed by atoms with E-state index in [2.05, 4.69) is 0 Å². The van der Waals surface area contributed by atoms with Crippen LogP contribution in [0.2, 0.25) is 5.02 Å². The van der Waals surface area contributed by atoms with Gasteiger partial charge in [-0.2, -0.15) is 0 Å². The summed E-state index contributed by atoms with van der Waals surface area (Å²) in [5, 5.41) is 10.6. The van der Waals surface area contributed by atoms with Crippen molar-refractivity contribution in [1.29, 1.82) is 0 Å². The van der Waals surface area contributed by atoms with Gasteiger partial charge >= 0.3 is 0 Å². The molecule has 78 valence electrons. The number of hydrogen-bond acceptors (Lipinski definition) is 1. The third-order valence-corrected chi connectivity index (χ3v) is 2.89. The highest BCUT2D eigenvalue weighted by atomic mass is 35.5. The Balaban J connectivity index is 3.15. The smallest absolute Gasteiger partial charge is 0.0827 e. The molecular formula is C12H17ClO. The standard InChI is InChI=1S/C12H17ClO/c1-7(2)12(14)10-5-8(3)9(4)6-11(10)13/h5-7,12,14H,1-4H3. The molecule has 0 saturated carbocycles. The first kappa shape index (κ1) is 11.5. The van der Waals surface area contributed by atoms with Crippen LogP contribution in [0.25, 0.3) is 0 Å². The molecule has 0 spiro atoms. The summed E-state index contributed by atoms with van der Waals surface area (Å²) in [6, 6.07) is 3.89. The summed E-state index contributed by atoms with van der Waals surface area (Å²) in [4.78, 5) is 0. The van der Waals surface area contributed by atoms with Crippen LogP contribution in [0.4, 0.5) is 0 Å². The Morgan fingerprint density at radius 1 is 1.14 bits per heavy atom. The van der Waals surface area contributed by atoms with Gasteiger partial charge in [-0.25, -0.2) is 0 Å². The number of hydrogen-bond donors (Lipinski definition) is 1. The molecule has 0 heterocycles. The predicted molar refractivity (Wildman–Crippen MR) is 60.7 cm³/mol. The summed E-state index contributed by atoms with van der Waals surface area (Å²) in [6.07, 6.45) is -0.471. The van der Waals surface area contributed by atoms with E-state index >= 15 is 0 Å². The molecule has 0 amide bonds. The molecule has 1 rings (SSSR count). The lowest BCUT2D eigenvalue weighted by Gasteiger charge is -2.17. The minimum Gasteiger partial charge on any atom is -0.388 e. The summed E-state index contributed by atoms with van der Waals surface area (Å²) in [7, 11) is 0. The monoisotopic (exact) mass is 212 g/mol. The lowest BCUT2D eigenvalue weighted by atomic mass is 9.96. The van der Waals surface area contributed by atoms with Crippen LogP contribution >= 0.6 is 11.6 Å². The molecule has 0 bridgehead atoms. The van der Waals surface area contributed by atoms with Crippen molar-refractivity contribution >= 4 is 11.6 Å². The summed E-state index contributed by atoms with van der Waals surface area (Å²) in [5.41, 5.74) is 3.17. The normalized spacial score (nSPS) is 13.4. The first-order chi connectivity index (χ1) is 6.43. The van der Waals surface area contributed by atoms with E-state index in [9.17, 15) is 5.11 Å². The minimum atomic E-state index is -0.471. The second-order valence-electron chi connectivity index (χ2n) is 4.15. The highest BCUT2D eigenvalue weighted by Crippen LogP contribution is 2.30. The molecule has 0 aliphatic carbocycles. The van der Waals surface area contributed by atoms with Gasteiger partial charge in [-0.05, 0) is 42.5 Å². The van der Waals surface area contributed by atoms with Gasteiger partial charge in [0, 0.05) is 5.02 Å². The van der Waals surface area contributed by atoms with Crippen molar-refractivity contribution < 1.29 is 5.11 Å². The quantitative estimate of drug-likeness (QED) is 0.794. The van der Waals surface area contributed by atoms with Gasteiger partial charge in [-0.3, -0.25) is 0 Å². The van der Waals surface area contributed by atoms with Crippen LogP contribution in [0.1, 0.15) is 36.6 Å². The van der Waals surface area contributed by atoms with Crippen LogP contribution in [0, 0.1) is 19.8 Å². The van der Waals surface area contributed by atoms with E-state index in [-0.39, 0.29) is 5.92 Å². The number of aryl methyl sites for hydroxylation is 2. The summed E-state index contributed by atoms with van der Waals surface area (Å²) in [5.74, 6) is 0.189. The number of aliphatic hydroxyl groups is 1. The van der Waals surface area contributed by atoms with E-state index in [0.29, 0.717) is 5.02 Å². The Labute approximate surface area is 90.7 Å². The van der Waals surface area contributed by atoms with Gasteiger partial charge in [0.2, 0.25) is 0 Å². The van der Waals surface area contributed by atoms with Crippen molar-refractivity contribution in [3.63, 3.8) is 0 Å². The van der Waals surface area contributed by atoms with Crippen LogP contribution in [0.5, 0.6) is 0 Å². The van der Waals surface area contributed by atoms with E-state index < -0.39 is 6.10 Å². The van der Waals surface area contributed by atoms with Crippen LogP contribution in [-0.2, 0) is 0 Å². The van der Waals surface area contributed by atoms with Crippen LogP contribution in [0.15, 0.2) is 12.1 Å². The fourth-order valence-electron chi connectivity index (χ4n) is 1.39. The van der Waals surface area contributed by atoms with Crippen molar-refractivity contribution in [1.82, 2.24) is 0 Å². The number of halogens is 1. The van der Waals surface area contributed by atoms with E-state index in [1.807, 2.05) is 39.8 Å². The van der Waals surface area contributed by atoms with E-state index in [1.165, 1.54) is 5.56 Å². The maximum atomic E-state index is 9.91. The van der Waals surface area contributed by atoms with E-state index in [4.69, 9.17) is 11.6 Å². The summed E-state index contributed by atoms with van der Waals surface area (Å²) < 4.78 is 0. The molecule has 1 aromatic carbocycles. The zero-order valence-corrected chi connectivity index (χ0v) is 9.89. The van der Waals surface area contributed by atoms with Crippen LogP contribution in [0.3, 0.4) is 0 Å². The number of benzene rings is 1. The highest BCUT2D eigenvalue weighted by Gasteiger charge is 2.15. The highest BCUT2D eigenvalue weighted by molar-refractivity contribution is 6.31. The average Bonchev–Trinajstić information content (AvgIpc) is 2.10.